The molecule has 256 valence electrons. The lowest BCUT2D eigenvalue weighted by molar-refractivity contribution is 0.0768. The number of hydrogen-bond acceptors (Lipinski definition) is 2. The van der Waals surface area contributed by atoms with Gasteiger partial charge in [0.2, 0.25) is 0 Å². The number of Topliss-reactive ketones (excluding diaryl/α,β-unsaturated/α-hetero) is 2. The van der Waals surface area contributed by atoms with Crippen molar-refractivity contribution in [1.29, 1.82) is 0 Å². The molecule has 0 amide bonds. The van der Waals surface area contributed by atoms with Crippen molar-refractivity contribution >= 4 is 17.1 Å². The number of rotatable bonds is 6. The summed E-state index contributed by atoms with van der Waals surface area (Å²) in [6.45, 7) is 0. The van der Waals surface area contributed by atoms with Crippen molar-refractivity contribution in [1.82, 2.24) is 0 Å². The van der Waals surface area contributed by atoms with E-state index < -0.39 is 5.41 Å². The van der Waals surface area contributed by atoms with Crippen LogP contribution in [0.15, 0.2) is 164 Å². The van der Waals surface area contributed by atoms with Gasteiger partial charge in [0, 0.05) is 18.0 Å². The van der Waals surface area contributed by atoms with Crippen LogP contribution in [0.5, 0.6) is 0 Å². The van der Waals surface area contributed by atoms with E-state index in [-0.39, 0.29) is 12.6 Å². The highest BCUT2D eigenvalue weighted by Crippen LogP contribution is 2.54. The van der Waals surface area contributed by atoms with E-state index in [1.807, 2.05) is 42.5 Å². The fraction of sp³-hybridized carbons (Fsp3) is 0.200. The maximum Gasteiger partial charge on any atom is 0.174 e. The second kappa shape index (κ2) is 13.2. The van der Waals surface area contributed by atoms with Gasteiger partial charge in [-0.05, 0) is 101 Å². The molecule has 4 aliphatic carbocycles. The van der Waals surface area contributed by atoms with Crippen molar-refractivity contribution in [2.45, 2.75) is 50.9 Å². The Bertz CT molecular complexity index is 2340. The van der Waals surface area contributed by atoms with Crippen molar-refractivity contribution < 1.29 is 11.0 Å². The molecule has 0 bridgehead atoms. The van der Waals surface area contributed by atoms with Gasteiger partial charge in [-0.2, -0.15) is 0 Å². The van der Waals surface area contributed by atoms with Gasteiger partial charge in [-0.15, -0.1) is 0 Å². The van der Waals surface area contributed by atoms with Gasteiger partial charge in [-0.3, -0.25) is 9.59 Å². The minimum absolute atomic E-state index is 0. The van der Waals surface area contributed by atoms with Crippen LogP contribution in [0.1, 0.15) is 79.0 Å². The number of aryl methyl sites for hydroxylation is 1. The fourth-order valence-corrected chi connectivity index (χ4v) is 9.92. The summed E-state index contributed by atoms with van der Waals surface area (Å²) in [6.07, 6.45) is 8.59. The highest BCUT2D eigenvalue weighted by Gasteiger charge is 2.52. The van der Waals surface area contributed by atoms with E-state index in [1.165, 1.54) is 50.1 Å². The third-order valence-corrected chi connectivity index (χ3v) is 12.3. The first-order valence-electron chi connectivity index (χ1n) is 18.8. The Labute approximate surface area is 308 Å². The summed E-state index contributed by atoms with van der Waals surface area (Å²) in [7, 11) is 0. The van der Waals surface area contributed by atoms with Crippen LogP contribution in [0.25, 0.3) is 5.57 Å². The van der Waals surface area contributed by atoms with Crippen LogP contribution >= 0.6 is 0 Å². The second-order valence-electron chi connectivity index (χ2n) is 15.2. The van der Waals surface area contributed by atoms with Crippen LogP contribution in [0, 0.1) is 10.8 Å². The molecule has 4 aliphatic rings. The molecule has 0 aromatic heterocycles. The van der Waals surface area contributed by atoms with E-state index >= 15 is 0 Å². The van der Waals surface area contributed by atoms with Gasteiger partial charge in [0.25, 0.3) is 0 Å². The van der Waals surface area contributed by atoms with E-state index in [0.29, 0.717) is 11.7 Å². The smallest absolute Gasteiger partial charge is 0.174 e. The molecule has 0 radical (unpaired) electrons. The summed E-state index contributed by atoms with van der Waals surface area (Å²) < 4.78 is 0. The van der Waals surface area contributed by atoms with E-state index in [1.54, 1.807) is 0 Å². The lowest BCUT2D eigenvalue weighted by atomic mass is 9.66. The molecule has 6 aromatic carbocycles. The standard InChI is InChI=1S/C25H22O.C25H20O.H2/c2*26-24-22-13-7-5-11-20(22)17-25(24,16-18-8-2-1-3-9-18)23-15-14-19-10-4-6-12-21(19)23;/h1-13,23H,14-17H2;1-13,15H,14,16-17H2;1H. The Hall–Kier alpha value is -5.60. The molecule has 0 saturated carbocycles. The Kier molecular flexibility index (Phi) is 8.19. The summed E-state index contributed by atoms with van der Waals surface area (Å²) in [5.41, 5.74) is 12.5. The Morgan fingerprint density at radius 3 is 1.67 bits per heavy atom. The molecule has 52 heavy (non-hydrogen) atoms. The average molecular weight is 677 g/mol. The van der Waals surface area contributed by atoms with Gasteiger partial charge in [0.1, 0.15) is 0 Å². The first kappa shape index (κ1) is 32.3. The third kappa shape index (κ3) is 5.40. The van der Waals surface area contributed by atoms with Crippen molar-refractivity contribution in [2.75, 3.05) is 0 Å². The number of carbonyl (C=O) groups excluding carboxylic acids is 2. The highest BCUT2D eigenvalue weighted by atomic mass is 16.1. The lowest BCUT2D eigenvalue weighted by Crippen LogP contribution is -2.36. The molecule has 0 aliphatic heterocycles. The highest BCUT2D eigenvalue weighted by molar-refractivity contribution is 6.13. The summed E-state index contributed by atoms with van der Waals surface area (Å²) >= 11 is 0. The molecule has 3 unspecified atom stereocenters. The van der Waals surface area contributed by atoms with Crippen LogP contribution in [0.3, 0.4) is 0 Å². The molecule has 10 rings (SSSR count). The summed E-state index contributed by atoms with van der Waals surface area (Å²) in [5.74, 6) is 0.928. The fourth-order valence-electron chi connectivity index (χ4n) is 9.92. The topological polar surface area (TPSA) is 34.1 Å². The van der Waals surface area contributed by atoms with Crippen molar-refractivity contribution in [3.05, 3.63) is 219 Å². The quantitative estimate of drug-likeness (QED) is 0.176. The van der Waals surface area contributed by atoms with E-state index in [0.717, 1.165) is 56.1 Å². The predicted octanol–water partition coefficient (Wildman–Crippen LogP) is 10.9. The normalized spacial score (nSPS) is 22.2. The van der Waals surface area contributed by atoms with Crippen LogP contribution in [-0.4, -0.2) is 11.6 Å². The van der Waals surface area contributed by atoms with Crippen molar-refractivity contribution in [3.63, 3.8) is 0 Å². The van der Waals surface area contributed by atoms with Gasteiger partial charge in [-0.1, -0.05) is 164 Å². The van der Waals surface area contributed by atoms with Gasteiger partial charge in [-0.25, -0.2) is 0 Å². The molecule has 6 aromatic rings. The minimum atomic E-state index is -0.488. The molecule has 2 nitrogen and oxygen atoms in total. The number of carbonyl (C=O) groups is 2. The molecular formula is C50H44O2. The molecule has 0 saturated heterocycles. The summed E-state index contributed by atoms with van der Waals surface area (Å²) in [4.78, 5) is 27.4. The van der Waals surface area contributed by atoms with Gasteiger partial charge in [0.15, 0.2) is 11.6 Å². The maximum absolute atomic E-state index is 13.7. The van der Waals surface area contributed by atoms with Crippen LogP contribution in [-0.2, 0) is 38.5 Å². The van der Waals surface area contributed by atoms with Crippen LogP contribution < -0.4 is 0 Å². The van der Waals surface area contributed by atoms with Gasteiger partial charge in [0.05, 0.1) is 5.41 Å². The summed E-state index contributed by atoms with van der Waals surface area (Å²) in [5, 5.41) is 0. The van der Waals surface area contributed by atoms with E-state index in [2.05, 4.69) is 121 Å². The van der Waals surface area contributed by atoms with E-state index in [4.69, 9.17) is 0 Å². The lowest BCUT2D eigenvalue weighted by Gasteiger charge is -2.35. The van der Waals surface area contributed by atoms with Crippen molar-refractivity contribution in [2.24, 2.45) is 10.8 Å². The first-order chi connectivity index (χ1) is 25.6. The number of allylic oxidation sites excluding steroid dienone is 2. The van der Waals surface area contributed by atoms with Crippen LogP contribution in [0.4, 0.5) is 0 Å². The average Bonchev–Trinajstić information content (AvgIpc) is 3.96. The number of fused-ring (bicyclic) bond motifs is 4. The van der Waals surface area contributed by atoms with Gasteiger partial charge >= 0.3 is 0 Å². The largest absolute Gasteiger partial charge is 0.293 e. The minimum Gasteiger partial charge on any atom is -0.293 e. The molecule has 0 heterocycles. The number of hydrogen-bond donors (Lipinski definition) is 0. The number of benzene rings is 6. The monoisotopic (exact) mass is 676 g/mol. The molecular weight excluding hydrogens is 633 g/mol. The molecule has 0 N–H and O–H groups in total. The molecule has 0 spiro atoms. The van der Waals surface area contributed by atoms with Crippen LogP contribution in [0.2, 0.25) is 0 Å². The van der Waals surface area contributed by atoms with E-state index in [9.17, 15) is 9.59 Å². The molecule has 3 atom stereocenters. The Morgan fingerprint density at radius 2 is 1.02 bits per heavy atom. The number of ketones is 2. The summed E-state index contributed by atoms with van der Waals surface area (Å²) in [6, 6.07) is 54.6. The van der Waals surface area contributed by atoms with Crippen molar-refractivity contribution in [3.8, 4) is 0 Å². The zero-order valence-electron chi connectivity index (χ0n) is 29.4. The molecule has 2 heteroatoms. The predicted molar refractivity (Wildman–Crippen MR) is 212 cm³/mol. The third-order valence-electron chi connectivity index (χ3n) is 12.3. The SMILES string of the molecule is O=C1c2ccccc2CC1(Cc1ccccc1)C1=CCc2ccccc21.O=C1c2ccccc2CC1(Cc1ccccc1)C1CCc2ccccc21.[HH]. The second-order valence-corrected chi connectivity index (χ2v) is 15.2. The molecule has 0 fully saturated rings. The Balaban J connectivity index is 0.000000148. The first-order valence-corrected chi connectivity index (χ1v) is 18.8. The Morgan fingerprint density at radius 1 is 0.500 bits per heavy atom. The zero-order chi connectivity index (χ0) is 35.1. The van der Waals surface area contributed by atoms with Gasteiger partial charge < -0.3 is 0 Å². The zero-order valence-corrected chi connectivity index (χ0v) is 29.4. The maximum atomic E-state index is 13.7.